The first-order valence-corrected chi connectivity index (χ1v) is 12.6. The number of aryl methyl sites for hydroxylation is 1. The van der Waals surface area contributed by atoms with Crippen molar-refractivity contribution in [2.24, 2.45) is 0 Å². The fourth-order valence-electron chi connectivity index (χ4n) is 3.99. The first-order chi connectivity index (χ1) is 15.9. The number of sulfonamides is 1. The molecular weight excluding hydrogens is 438 g/mol. The number of esters is 1. The first kappa shape index (κ1) is 23.1. The minimum absolute atomic E-state index is 0.114. The molecule has 0 radical (unpaired) electrons. The van der Waals surface area contributed by atoms with Gasteiger partial charge in [0.05, 0.1) is 4.90 Å². The number of benzene rings is 3. The van der Waals surface area contributed by atoms with Gasteiger partial charge in [0.15, 0.2) is 12.4 Å². The molecule has 6 nitrogen and oxygen atoms in total. The molecule has 1 fully saturated rings. The quantitative estimate of drug-likeness (QED) is 0.364. The molecule has 0 atom stereocenters. The normalized spacial score (nSPS) is 14.8. The van der Waals surface area contributed by atoms with E-state index >= 15 is 0 Å². The van der Waals surface area contributed by atoms with Crippen LogP contribution in [0.4, 0.5) is 0 Å². The number of fused-ring (bicyclic) bond motifs is 1. The van der Waals surface area contributed by atoms with Crippen LogP contribution in [0.1, 0.15) is 41.6 Å². The monoisotopic (exact) mass is 465 g/mol. The number of hydrogen-bond acceptors (Lipinski definition) is 5. The van der Waals surface area contributed by atoms with E-state index < -0.39 is 16.0 Å². The van der Waals surface area contributed by atoms with Gasteiger partial charge in [-0.1, -0.05) is 55.0 Å². The maximum Gasteiger partial charge on any atom is 0.306 e. The van der Waals surface area contributed by atoms with Gasteiger partial charge < -0.3 is 4.74 Å². The zero-order valence-corrected chi connectivity index (χ0v) is 19.2. The molecule has 0 saturated carbocycles. The van der Waals surface area contributed by atoms with Gasteiger partial charge >= 0.3 is 5.97 Å². The SMILES string of the molecule is O=C(CCc1ccc(S(=O)(=O)N2CCCCC2)cc1)OCC(=O)c1ccc2ccccc2c1. The smallest absolute Gasteiger partial charge is 0.306 e. The van der Waals surface area contributed by atoms with E-state index in [0.29, 0.717) is 25.1 Å². The molecular formula is C26H27NO5S. The largest absolute Gasteiger partial charge is 0.457 e. The van der Waals surface area contributed by atoms with Crippen LogP contribution in [-0.4, -0.2) is 44.2 Å². The van der Waals surface area contributed by atoms with E-state index in [4.69, 9.17) is 4.74 Å². The molecule has 0 bridgehead atoms. The third-order valence-corrected chi connectivity index (χ3v) is 7.84. The number of Topliss-reactive ketones (excluding diaryl/α,β-unsaturated/α-hetero) is 1. The summed E-state index contributed by atoms with van der Waals surface area (Å²) in [6.07, 6.45) is 3.37. The van der Waals surface area contributed by atoms with Crippen LogP contribution in [0.15, 0.2) is 71.6 Å². The van der Waals surface area contributed by atoms with E-state index in [9.17, 15) is 18.0 Å². The van der Waals surface area contributed by atoms with E-state index in [1.165, 1.54) is 4.31 Å². The van der Waals surface area contributed by atoms with Gasteiger partial charge in [-0.2, -0.15) is 4.31 Å². The number of hydrogen-bond donors (Lipinski definition) is 0. The van der Waals surface area contributed by atoms with Crippen molar-refractivity contribution in [3.63, 3.8) is 0 Å². The Labute approximate surface area is 194 Å². The van der Waals surface area contributed by atoms with Crippen molar-refractivity contribution >= 4 is 32.5 Å². The van der Waals surface area contributed by atoms with Gasteiger partial charge in [0, 0.05) is 25.1 Å². The third kappa shape index (κ3) is 5.67. The van der Waals surface area contributed by atoms with Crippen molar-refractivity contribution in [1.29, 1.82) is 0 Å². The summed E-state index contributed by atoms with van der Waals surface area (Å²) >= 11 is 0. The molecule has 0 unspecified atom stereocenters. The molecule has 1 heterocycles. The summed E-state index contributed by atoms with van der Waals surface area (Å²) < 4.78 is 32.1. The third-order valence-electron chi connectivity index (χ3n) is 5.93. The molecule has 33 heavy (non-hydrogen) atoms. The van der Waals surface area contributed by atoms with Crippen LogP contribution in [0.25, 0.3) is 10.8 Å². The average molecular weight is 466 g/mol. The average Bonchev–Trinajstić information content (AvgIpc) is 2.86. The molecule has 0 spiro atoms. The van der Waals surface area contributed by atoms with Crippen molar-refractivity contribution in [2.75, 3.05) is 19.7 Å². The maximum absolute atomic E-state index is 12.7. The summed E-state index contributed by atoms with van der Waals surface area (Å²) in [5.74, 6) is -0.712. The summed E-state index contributed by atoms with van der Waals surface area (Å²) in [5, 5.41) is 2.00. The van der Waals surface area contributed by atoms with Crippen molar-refractivity contribution in [2.45, 2.75) is 37.0 Å². The van der Waals surface area contributed by atoms with Crippen LogP contribution < -0.4 is 0 Å². The predicted molar refractivity (Wildman–Crippen MR) is 127 cm³/mol. The number of carbonyl (C=O) groups excluding carboxylic acids is 2. The number of ketones is 1. The van der Waals surface area contributed by atoms with Gasteiger partial charge in [0.25, 0.3) is 0 Å². The number of rotatable bonds is 8. The van der Waals surface area contributed by atoms with E-state index in [1.54, 1.807) is 36.4 Å². The molecule has 0 amide bonds. The highest BCUT2D eigenvalue weighted by Crippen LogP contribution is 2.21. The van der Waals surface area contributed by atoms with E-state index in [2.05, 4.69) is 0 Å². The molecule has 0 aromatic heterocycles. The van der Waals surface area contributed by atoms with E-state index in [-0.39, 0.29) is 23.7 Å². The lowest BCUT2D eigenvalue weighted by molar-refractivity contribution is -0.142. The second-order valence-corrected chi connectivity index (χ2v) is 10.2. The highest BCUT2D eigenvalue weighted by Gasteiger charge is 2.25. The molecule has 3 aromatic rings. The van der Waals surface area contributed by atoms with Crippen molar-refractivity contribution in [1.82, 2.24) is 4.31 Å². The van der Waals surface area contributed by atoms with Crippen LogP contribution in [-0.2, 0) is 26.0 Å². The van der Waals surface area contributed by atoms with Crippen LogP contribution in [0.5, 0.6) is 0 Å². The Hall–Kier alpha value is -3.03. The van der Waals surface area contributed by atoms with E-state index in [1.807, 2.05) is 30.3 Å². The van der Waals surface area contributed by atoms with Crippen molar-refractivity contribution < 1.29 is 22.7 Å². The minimum atomic E-state index is -3.46. The molecule has 3 aromatic carbocycles. The maximum atomic E-state index is 12.7. The van der Waals surface area contributed by atoms with Gasteiger partial charge in [0.2, 0.25) is 10.0 Å². The zero-order valence-electron chi connectivity index (χ0n) is 18.4. The highest BCUT2D eigenvalue weighted by molar-refractivity contribution is 7.89. The lowest BCUT2D eigenvalue weighted by Crippen LogP contribution is -2.35. The lowest BCUT2D eigenvalue weighted by Gasteiger charge is -2.25. The van der Waals surface area contributed by atoms with Crippen molar-refractivity contribution in [3.8, 4) is 0 Å². The molecule has 1 aliphatic heterocycles. The number of ether oxygens (including phenoxy) is 1. The molecule has 172 valence electrons. The summed E-state index contributed by atoms with van der Waals surface area (Å²) in [7, 11) is -3.46. The van der Waals surface area contributed by atoms with E-state index in [0.717, 1.165) is 35.6 Å². The Morgan fingerprint density at radius 2 is 1.55 bits per heavy atom. The van der Waals surface area contributed by atoms with Crippen LogP contribution in [0.2, 0.25) is 0 Å². The number of carbonyl (C=O) groups is 2. The van der Waals surface area contributed by atoms with Crippen LogP contribution >= 0.6 is 0 Å². The fraction of sp³-hybridized carbons (Fsp3) is 0.308. The van der Waals surface area contributed by atoms with Crippen LogP contribution in [0.3, 0.4) is 0 Å². The molecule has 0 aliphatic carbocycles. The van der Waals surface area contributed by atoms with Gasteiger partial charge in [-0.25, -0.2) is 8.42 Å². The molecule has 4 rings (SSSR count). The summed E-state index contributed by atoms with van der Waals surface area (Å²) in [6.45, 7) is 0.825. The summed E-state index contributed by atoms with van der Waals surface area (Å²) in [6, 6.07) is 19.8. The van der Waals surface area contributed by atoms with Gasteiger partial charge in [-0.15, -0.1) is 0 Å². The van der Waals surface area contributed by atoms with Gasteiger partial charge in [0.1, 0.15) is 0 Å². The van der Waals surface area contributed by atoms with Crippen molar-refractivity contribution in [3.05, 3.63) is 77.9 Å². The predicted octanol–water partition coefficient (Wildman–Crippen LogP) is 4.37. The summed E-state index contributed by atoms with van der Waals surface area (Å²) in [4.78, 5) is 24.8. The minimum Gasteiger partial charge on any atom is -0.457 e. The molecule has 1 saturated heterocycles. The topological polar surface area (TPSA) is 80.8 Å². The number of piperidine rings is 1. The molecule has 7 heteroatoms. The lowest BCUT2D eigenvalue weighted by atomic mass is 10.0. The fourth-order valence-corrected chi connectivity index (χ4v) is 5.51. The second-order valence-electron chi connectivity index (χ2n) is 8.25. The first-order valence-electron chi connectivity index (χ1n) is 11.2. The Kier molecular flexibility index (Phi) is 7.20. The second kappa shape index (κ2) is 10.3. The van der Waals surface area contributed by atoms with Gasteiger partial charge in [-0.05, 0) is 53.8 Å². The Bertz CT molecular complexity index is 1250. The van der Waals surface area contributed by atoms with Crippen LogP contribution in [0, 0.1) is 0 Å². The highest BCUT2D eigenvalue weighted by atomic mass is 32.2. The zero-order chi connectivity index (χ0) is 23.3. The molecule has 0 N–H and O–H groups in total. The Morgan fingerprint density at radius 3 is 2.27 bits per heavy atom. The molecule has 1 aliphatic rings. The summed E-state index contributed by atoms with van der Waals surface area (Å²) in [5.41, 5.74) is 1.34. The Morgan fingerprint density at radius 1 is 0.848 bits per heavy atom. The van der Waals surface area contributed by atoms with Gasteiger partial charge in [-0.3, -0.25) is 9.59 Å². The number of nitrogens with zero attached hydrogens (tertiary/aromatic N) is 1. The standard InChI is InChI=1S/C26H27NO5S/c28-25(23-12-11-21-6-2-3-7-22(21)18-23)19-32-26(29)15-10-20-8-13-24(14-9-20)33(30,31)27-16-4-1-5-17-27/h2-3,6-9,11-14,18H,1,4-5,10,15-17,19H2. The Balaban J connectivity index is 1.27.